The number of nitrogens with two attached hydrogens (primary N) is 1. The second-order valence-electron chi connectivity index (χ2n) is 5.08. The minimum absolute atomic E-state index is 0.353. The van der Waals surface area contributed by atoms with Gasteiger partial charge < -0.3 is 20.5 Å². The lowest BCUT2D eigenvalue weighted by Gasteiger charge is -2.36. The Morgan fingerprint density at radius 2 is 2.10 bits per heavy atom. The minimum Gasteiger partial charge on any atom is -0.372 e. The third-order valence-electron chi connectivity index (χ3n) is 3.47. The van der Waals surface area contributed by atoms with Gasteiger partial charge in [-0.25, -0.2) is 0 Å². The first-order valence-electron chi connectivity index (χ1n) is 6.62. The highest BCUT2D eigenvalue weighted by molar-refractivity contribution is 9.10. The van der Waals surface area contributed by atoms with Crippen LogP contribution in [0.4, 0.5) is 5.69 Å². The first-order chi connectivity index (χ1) is 10.0. The molecule has 2 aromatic rings. The Bertz CT molecular complexity index is 619. The zero-order valence-electron chi connectivity index (χ0n) is 12.4. The summed E-state index contributed by atoms with van der Waals surface area (Å²) in [5, 5.41) is 4.46. The summed E-state index contributed by atoms with van der Waals surface area (Å²) in [6.07, 6.45) is 1.31. The van der Waals surface area contributed by atoms with Crippen molar-refractivity contribution in [2.75, 3.05) is 26.1 Å². The molecular formula is C15H20BrN3O2. The van der Waals surface area contributed by atoms with Gasteiger partial charge in [-0.15, -0.1) is 0 Å². The summed E-state index contributed by atoms with van der Waals surface area (Å²) < 4.78 is 11.7. The van der Waals surface area contributed by atoms with Crippen molar-refractivity contribution in [3.05, 3.63) is 34.9 Å². The van der Waals surface area contributed by atoms with E-state index < -0.39 is 11.8 Å². The molecule has 0 saturated carbocycles. The zero-order chi connectivity index (χ0) is 15.5. The van der Waals surface area contributed by atoms with E-state index in [0.717, 1.165) is 21.1 Å². The fourth-order valence-electron chi connectivity index (χ4n) is 2.37. The first kappa shape index (κ1) is 16.2. The van der Waals surface area contributed by atoms with Crippen molar-refractivity contribution in [2.24, 2.45) is 5.73 Å². The summed E-state index contributed by atoms with van der Waals surface area (Å²) >= 11 is 3.43. The number of pyridine rings is 1. The molecule has 0 aliphatic carbocycles. The highest BCUT2D eigenvalue weighted by Gasteiger charge is 2.34. The third-order valence-corrected chi connectivity index (χ3v) is 3.90. The summed E-state index contributed by atoms with van der Waals surface area (Å²) in [6, 6.07) is 7.99. The van der Waals surface area contributed by atoms with Gasteiger partial charge in [0.25, 0.3) is 0 Å². The van der Waals surface area contributed by atoms with E-state index in [4.69, 9.17) is 15.2 Å². The summed E-state index contributed by atoms with van der Waals surface area (Å²) in [4.78, 5) is 4.48. The maximum Gasteiger partial charge on any atom is 0.180 e. The number of benzene rings is 1. The lowest BCUT2D eigenvalue weighted by Crippen LogP contribution is -2.54. The number of nitrogens with one attached hydrogen (secondary N) is 1. The van der Waals surface area contributed by atoms with E-state index in [1.54, 1.807) is 20.4 Å². The van der Waals surface area contributed by atoms with Crippen LogP contribution >= 0.6 is 15.9 Å². The van der Waals surface area contributed by atoms with Crippen molar-refractivity contribution in [3.63, 3.8) is 0 Å². The van der Waals surface area contributed by atoms with Crippen LogP contribution in [0.2, 0.25) is 0 Å². The minimum atomic E-state index is -0.563. The van der Waals surface area contributed by atoms with Crippen LogP contribution in [0.15, 0.2) is 34.9 Å². The number of nitrogens with zero attached hydrogens (tertiary/aromatic N) is 1. The van der Waals surface area contributed by atoms with E-state index in [1.807, 2.05) is 31.2 Å². The van der Waals surface area contributed by atoms with Crippen LogP contribution < -0.4 is 11.1 Å². The fraction of sp³-hybridized carbons (Fsp3) is 0.400. The van der Waals surface area contributed by atoms with Gasteiger partial charge in [-0.3, -0.25) is 4.98 Å². The van der Waals surface area contributed by atoms with Crippen LogP contribution in [-0.4, -0.2) is 37.6 Å². The monoisotopic (exact) mass is 353 g/mol. The van der Waals surface area contributed by atoms with Crippen molar-refractivity contribution in [2.45, 2.75) is 18.8 Å². The van der Waals surface area contributed by atoms with E-state index >= 15 is 0 Å². The fourth-order valence-corrected chi connectivity index (χ4v) is 2.71. The summed E-state index contributed by atoms with van der Waals surface area (Å²) in [7, 11) is 3.20. The number of ether oxygens (including phenoxy) is 2. The van der Waals surface area contributed by atoms with E-state index in [0.29, 0.717) is 6.54 Å². The number of methoxy groups -OCH3 is 2. The Balaban J connectivity index is 2.42. The molecule has 5 nitrogen and oxygen atoms in total. The van der Waals surface area contributed by atoms with Crippen molar-refractivity contribution in [1.82, 2.24) is 4.98 Å². The summed E-state index contributed by atoms with van der Waals surface area (Å²) in [5.41, 5.74) is 7.14. The Morgan fingerprint density at radius 1 is 1.38 bits per heavy atom. The molecule has 1 aromatic heterocycles. The van der Waals surface area contributed by atoms with E-state index in [9.17, 15) is 0 Å². The Labute approximate surface area is 133 Å². The van der Waals surface area contributed by atoms with Gasteiger partial charge in [0, 0.05) is 36.8 Å². The standard InChI is InChI=1S/C15H20BrN3O2/c1-15(9-17,14(20-2)21-3)19-12-6-4-5-10-7-11(16)8-18-13(10)12/h4-8,14,19H,9,17H2,1-3H3. The molecule has 0 radical (unpaired) electrons. The van der Waals surface area contributed by atoms with Crippen LogP contribution in [0, 0.1) is 0 Å². The number of halogens is 1. The topological polar surface area (TPSA) is 69.4 Å². The highest BCUT2D eigenvalue weighted by atomic mass is 79.9. The van der Waals surface area contributed by atoms with Crippen molar-refractivity contribution in [3.8, 4) is 0 Å². The molecular weight excluding hydrogens is 334 g/mol. The predicted molar refractivity (Wildman–Crippen MR) is 88.3 cm³/mol. The van der Waals surface area contributed by atoms with Gasteiger partial charge >= 0.3 is 0 Å². The molecule has 0 amide bonds. The number of aromatic nitrogens is 1. The van der Waals surface area contributed by atoms with Gasteiger partial charge in [-0.2, -0.15) is 0 Å². The van der Waals surface area contributed by atoms with Gasteiger partial charge in [0.2, 0.25) is 0 Å². The summed E-state index contributed by atoms with van der Waals surface area (Å²) in [6.45, 7) is 2.31. The Morgan fingerprint density at radius 3 is 2.71 bits per heavy atom. The zero-order valence-corrected chi connectivity index (χ0v) is 14.0. The number of anilines is 1. The van der Waals surface area contributed by atoms with Crippen LogP contribution in [0.1, 0.15) is 6.92 Å². The quantitative estimate of drug-likeness (QED) is 0.781. The molecule has 114 valence electrons. The van der Waals surface area contributed by atoms with E-state index in [2.05, 4.69) is 26.2 Å². The molecule has 1 unspecified atom stereocenters. The largest absolute Gasteiger partial charge is 0.372 e. The molecule has 21 heavy (non-hydrogen) atoms. The van der Waals surface area contributed by atoms with Crippen molar-refractivity contribution < 1.29 is 9.47 Å². The molecule has 0 aliphatic rings. The molecule has 1 aromatic carbocycles. The lowest BCUT2D eigenvalue weighted by atomic mass is 10.0. The van der Waals surface area contributed by atoms with Crippen LogP contribution in [-0.2, 0) is 9.47 Å². The molecule has 3 N–H and O–H groups in total. The molecule has 0 fully saturated rings. The molecule has 0 aliphatic heterocycles. The SMILES string of the molecule is COC(OC)C(C)(CN)Nc1cccc2cc(Br)cnc12. The molecule has 0 saturated heterocycles. The molecule has 1 atom stereocenters. The maximum atomic E-state index is 5.92. The predicted octanol–water partition coefficient (Wildman–Crippen LogP) is 2.75. The van der Waals surface area contributed by atoms with E-state index in [1.165, 1.54) is 0 Å². The number of para-hydroxylation sites is 1. The first-order valence-corrected chi connectivity index (χ1v) is 7.41. The number of hydrogen-bond acceptors (Lipinski definition) is 5. The molecule has 0 spiro atoms. The normalized spacial score (nSPS) is 14.4. The number of rotatable bonds is 6. The Hall–Kier alpha value is -1.21. The van der Waals surface area contributed by atoms with Gasteiger partial charge in [-0.1, -0.05) is 12.1 Å². The Kier molecular flexibility index (Phi) is 5.16. The highest BCUT2D eigenvalue weighted by Crippen LogP contribution is 2.27. The van der Waals surface area contributed by atoms with Crippen LogP contribution in [0.5, 0.6) is 0 Å². The smallest absolute Gasteiger partial charge is 0.180 e. The van der Waals surface area contributed by atoms with Crippen LogP contribution in [0.25, 0.3) is 10.9 Å². The van der Waals surface area contributed by atoms with Crippen molar-refractivity contribution >= 4 is 32.5 Å². The second kappa shape index (κ2) is 6.70. The third kappa shape index (κ3) is 3.35. The number of fused-ring (bicyclic) bond motifs is 1. The van der Waals surface area contributed by atoms with Crippen LogP contribution in [0.3, 0.4) is 0 Å². The maximum absolute atomic E-state index is 5.92. The van der Waals surface area contributed by atoms with E-state index in [-0.39, 0.29) is 0 Å². The van der Waals surface area contributed by atoms with Gasteiger partial charge in [-0.05, 0) is 35.0 Å². The lowest BCUT2D eigenvalue weighted by molar-refractivity contribution is -0.134. The van der Waals surface area contributed by atoms with Gasteiger partial charge in [0.15, 0.2) is 6.29 Å². The molecule has 2 rings (SSSR count). The van der Waals surface area contributed by atoms with Crippen molar-refractivity contribution in [1.29, 1.82) is 0 Å². The summed E-state index contributed by atoms with van der Waals surface area (Å²) in [5.74, 6) is 0. The number of hydrogen-bond donors (Lipinski definition) is 2. The molecule has 6 heteroatoms. The average molecular weight is 354 g/mol. The average Bonchev–Trinajstić information content (AvgIpc) is 2.48. The van der Waals surface area contributed by atoms with Gasteiger partial charge in [0.05, 0.1) is 16.7 Å². The second-order valence-corrected chi connectivity index (χ2v) is 6.00. The molecule has 0 bridgehead atoms. The molecule has 1 heterocycles. The van der Waals surface area contributed by atoms with Gasteiger partial charge in [0.1, 0.15) is 0 Å².